The van der Waals surface area contributed by atoms with Gasteiger partial charge in [0.05, 0.1) is 18.4 Å². The summed E-state index contributed by atoms with van der Waals surface area (Å²) >= 11 is 0. The van der Waals surface area contributed by atoms with Gasteiger partial charge in [-0.1, -0.05) is 17.3 Å². The van der Waals surface area contributed by atoms with Crippen molar-refractivity contribution in [1.29, 1.82) is 0 Å². The number of aromatic nitrogens is 1. The fraction of sp³-hybridized carbons (Fsp3) is 0.133. The van der Waals surface area contributed by atoms with E-state index in [0.29, 0.717) is 23.9 Å². The maximum absolute atomic E-state index is 5.90. The molecule has 3 rings (SSSR count). The van der Waals surface area contributed by atoms with E-state index in [1.807, 2.05) is 31.2 Å². The van der Waals surface area contributed by atoms with Gasteiger partial charge < -0.3 is 19.4 Å². The summed E-state index contributed by atoms with van der Waals surface area (Å²) in [4.78, 5) is 0. The molecule has 1 aromatic carbocycles. The van der Waals surface area contributed by atoms with Gasteiger partial charge in [0.15, 0.2) is 11.6 Å². The number of rotatable bonds is 4. The number of nitrogens with two attached hydrogens (primary N) is 1. The molecule has 2 heterocycles. The predicted octanol–water partition coefficient (Wildman–Crippen LogP) is 3.58. The van der Waals surface area contributed by atoms with Gasteiger partial charge in [-0.05, 0) is 36.8 Å². The quantitative estimate of drug-likeness (QED) is 0.784. The van der Waals surface area contributed by atoms with E-state index in [-0.39, 0.29) is 0 Å². The second-order valence-corrected chi connectivity index (χ2v) is 4.21. The number of hydrogen-bond donors (Lipinski definition) is 1. The minimum atomic E-state index is 0.334. The van der Waals surface area contributed by atoms with E-state index < -0.39 is 0 Å². The number of hydrogen-bond acceptors (Lipinski definition) is 5. The van der Waals surface area contributed by atoms with Crippen LogP contribution < -0.4 is 10.5 Å². The van der Waals surface area contributed by atoms with Gasteiger partial charge in [-0.2, -0.15) is 0 Å². The second-order valence-electron chi connectivity index (χ2n) is 4.21. The fourth-order valence-electron chi connectivity index (χ4n) is 2.04. The van der Waals surface area contributed by atoms with Crippen LogP contribution in [0.25, 0.3) is 22.6 Å². The Morgan fingerprint density at radius 1 is 1.20 bits per heavy atom. The van der Waals surface area contributed by atoms with Crippen LogP contribution in [0.3, 0.4) is 0 Å². The van der Waals surface area contributed by atoms with Gasteiger partial charge in [0.1, 0.15) is 5.75 Å². The first kappa shape index (κ1) is 12.3. The Kier molecular flexibility index (Phi) is 3.16. The van der Waals surface area contributed by atoms with Crippen molar-refractivity contribution in [3.8, 4) is 28.4 Å². The first-order valence-electron chi connectivity index (χ1n) is 6.32. The van der Waals surface area contributed by atoms with E-state index in [2.05, 4.69) is 5.16 Å². The molecule has 5 heteroatoms. The van der Waals surface area contributed by atoms with Gasteiger partial charge in [0.2, 0.25) is 5.76 Å². The molecule has 0 radical (unpaired) electrons. The zero-order valence-corrected chi connectivity index (χ0v) is 11.0. The highest BCUT2D eigenvalue weighted by Gasteiger charge is 2.19. The number of nitrogens with zero attached hydrogens (tertiary/aromatic N) is 1. The van der Waals surface area contributed by atoms with Gasteiger partial charge in [0.25, 0.3) is 0 Å². The standard InChI is InChI=1S/C15H14N2O3/c1-2-18-11-7-5-10(6-8-11)13-14(20-17-15(13)16)12-4-3-9-19-12/h3-9H,2H2,1H3,(H2,16,17). The summed E-state index contributed by atoms with van der Waals surface area (Å²) in [5, 5.41) is 3.82. The van der Waals surface area contributed by atoms with Crippen molar-refractivity contribution in [2.75, 3.05) is 12.3 Å². The van der Waals surface area contributed by atoms with Crippen LogP contribution in [0.5, 0.6) is 5.75 Å². The van der Waals surface area contributed by atoms with Crippen molar-refractivity contribution in [1.82, 2.24) is 5.16 Å². The van der Waals surface area contributed by atoms with E-state index in [0.717, 1.165) is 16.9 Å². The van der Waals surface area contributed by atoms with Crippen molar-refractivity contribution < 1.29 is 13.7 Å². The normalized spacial score (nSPS) is 10.7. The van der Waals surface area contributed by atoms with E-state index in [1.54, 1.807) is 18.4 Å². The largest absolute Gasteiger partial charge is 0.494 e. The van der Waals surface area contributed by atoms with Crippen LogP contribution in [-0.4, -0.2) is 11.8 Å². The Labute approximate surface area is 115 Å². The van der Waals surface area contributed by atoms with Crippen LogP contribution >= 0.6 is 0 Å². The molecule has 102 valence electrons. The molecule has 0 aliphatic carbocycles. The lowest BCUT2D eigenvalue weighted by atomic mass is 10.0. The second kappa shape index (κ2) is 5.13. The highest BCUT2D eigenvalue weighted by Crippen LogP contribution is 2.37. The maximum atomic E-state index is 5.90. The average Bonchev–Trinajstić information content (AvgIpc) is 3.09. The van der Waals surface area contributed by atoms with Gasteiger partial charge in [-0.15, -0.1) is 0 Å². The topological polar surface area (TPSA) is 74.4 Å². The van der Waals surface area contributed by atoms with E-state index >= 15 is 0 Å². The third-order valence-corrected chi connectivity index (χ3v) is 2.92. The zero-order valence-electron chi connectivity index (χ0n) is 11.0. The van der Waals surface area contributed by atoms with Gasteiger partial charge >= 0.3 is 0 Å². The molecule has 0 amide bonds. The van der Waals surface area contributed by atoms with Crippen molar-refractivity contribution in [3.05, 3.63) is 42.7 Å². The van der Waals surface area contributed by atoms with E-state index in [4.69, 9.17) is 19.4 Å². The highest BCUT2D eigenvalue weighted by molar-refractivity contribution is 5.85. The highest BCUT2D eigenvalue weighted by atomic mass is 16.5. The van der Waals surface area contributed by atoms with E-state index in [1.165, 1.54) is 0 Å². The minimum absolute atomic E-state index is 0.334. The molecule has 5 nitrogen and oxygen atoms in total. The number of nitrogen functional groups attached to an aromatic ring is 1. The minimum Gasteiger partial charge on any atom is -0.494 e. The predicted molar refractivity (Wildman–Crippen MR) is 75.2 cm³/mol. The SMILES string of the molecule is CCOc1ccc(-c2c(N)noc2-c2ccco2)cc1. The third kappa shape index (κ3) is 2.14. The summed E-state index contributed by atoms with van der Waals surface area (Å²) in [7, 11) is 0. The number of ether oxygens (including phenoxy) is 1. The first-order valence-corrected chi connectivity index (χ1v) is 6.32. The molecule has 0 aliphatic rings. The molecule has 0 saturated carbocycles. The molecule has 20 heavy (non-hydrogen) atoms. The lowest BCUT2D eigenvalue weighted by Gasteiger charge is -2.04. The van der Waals surface area contributed by atoms with Crippen molar-refractivity contribution in [2.24, 2.45) is 0 Å². The summed E-state index contributed by atoms with van der Waals surface area (Å²) in [5.74, 6) is 2.26. The molecule has 0 aliphatic heterocycles. The van der Waals surface area contributed by atoms with Crippen LogP contribution in [0.1, 0.15) is 6.92 Å². The van der Waals surface area contributed by atoms with Crippen LogP contribution in [-0.2, 0) is 0 Å². The molecular weight excluding hydrogens is 256 g/mol. The molecule has 0 atom stereocenters. The molecule has 3 aromatic rings. The summed E-state index contributed by atoms with van der Waals surface area (Å²) in [6.45, 7) is 2.58. The van der Waals surface area contributed by atoms with Crippen LogP contribution in [0, 0.1) is 0 Å². The Morgan fingerprint density at radius 3 is 2.65 bits per heavy atom. The maximum Gasteiger partial charge on any atom is 0.212 e. The Morgan fingerprint density at radius 2 is 2.00 bits per heavy atom. The summed E-state index contributed by atoms with van der Waals surface area (Å²) in [6.07, 6.45) is 1.58. The lowest BCUT2D eigenvalue weighted by Crippen LogP contribution is -1.92. The summed E-state index contributed by atoms with van der Waals surface area (Å²) in [5.41, 5.74) is 7.52. The Balaban J connectivity index is 2.03. The lowest BCUT2D eigenvalue weighted by molar-refractivity contribution is 0.340. The Bertz CT molecular complexity index is 684. The smallest absolute Gasteiger partial charge is 0.212 e. The van der Waals surface area contributed by atoms with Crippen LogP contribution in [0.15, 0.2) is 51.6 Å². The molecular formula is C15H14N2O3. The third-order valence-electron chi connectivity index (χ3n) is 2.92. The van der Waals surface area contributed by atoms with Gasteiger partial charge in [-0.25, -0.2) is 0 Å². The molecule has 0 spiro atoms. The fourth-order valence-corrected chi connectivity index (χ4v) is 2.04. The molecule has 2 N–H and O–H groups in total. The molecule has 0 fully saturated rings. The number of benzene rings is 1. The molecule has 2 aromatic heterocycles. The van der Waals surface area contributed by atoms with Crippen molar-refractivity contribution in [3.63, 3.8) is 0 Å². The molecule has 0 saturated heterocycles. The average molecular weight is 270 g/mol. The number of furan rings is 1. The van der Waals surface area contributed by atoms with Crippen molar-refractivity contribution in [2.45, 2.75) is 6.92 Å². The Hall–Kier alpha value is -2.69. The van der Waals surface area contributed by atoms with Crippen LogP contribution in [0.2, 0.25) is 0 Å². The summed E-state index contributed by atoms with van der Waals surface area (Å²) < 4.78 is 16.0. The zero-order chi connectivity index (χ0) is 13.9. The summed E-state index contributed by atoms with van der Waals surface area (Å²) in [6, 6.07) is 11.2. The first-order chi connectivity index (χ1) is 9.79. The monoisotopic (exact) mass is 270 g/mol. The van der Waals surface area contributed by atoms with Crippen LogP contribution in [0.4, 0.5) is 5.82 Å². The van der Waals surface area contributed by atoms with Gasteiger partial charge in [-0.3, -0.25) is 0 Å². The molecule has 0 unspecified atom stereocenters. The van der Waals surface area contributed by atoms with Gasteiger partial charge in [0, 0.05) is 0 Å². The van der Waals surface area contributed by atoms with Crippen molar-refractivity contribution >= 4 is 5.82 Å². The molecule has 0 bridgehead atoms. The van der Waals surface area contributed by atoms with E-state index in [9.17, 15) is 0 Å². The number of anilines is 1.